The van der Waals surface area contributed by atoms with Gasteiger partial charge in [-0.15, -0.1) is 0 Å². The summed E-state index contributed by atoms with van der Waals surface area (Å²) >= 11 is 0. The number of hydrogen-bond donors (Lipinski definition) is 0. The van der Waals surface area contributed by atoms with E-state index in [1.54, 1.807) is 0 Å². The molecule has 0 nitrogen and oxygen atoms in total. The molecule has 1 aliphatic rings. The molecule has 0 radical (unpaired) electrons. The normalized spacial score (nSPS) is 19.7. The highest BCUT2D eigenvalue weighted by atomic mass is 14.1. The molecule has 0 heterocycles. The van der Waals surface area contributed by atoms with Gasteiger partial charge >= 0.3 is 0 Å². The summed E-state index contributed by atoms with van der Waals surface area (Å²) in [4.78, 5) is 0. The van der Waals surface area contributed by atoms with Crippen molar-refractivity contribution in [2.45, 2.75) is 53.9 Å². The first-order chi connectivity index (χ1) is 3.39. The zero-order valence-electron chi connectivity index (χ0n) is 5.11. The smallest absolute Gasteiger partial charge is 0.0443 e. The molecule has 0 aromatic heterocycles. The van der Waals surface area contributed by atoms with Crippen molar-refractivity contribution in [3.05, 3.63) is 0 Å². The summed E-state index contributed by atoms with van der Waals surface area (Å²) < 4.78 is 0. The molecule has 0 atom stereocenters. The molecule has 0 aliphatic heterocycles. The summed E-state index contributed by atoms with van der Waals surface area (Å²) in [5, 5.41) is 0. The van der Waals surface area contributed by atoms with Crippen molar-refractivity contribution in [1.82, 2.24) is 0 Å². The molecule has 9 heavy (non-hydrogen) atoms. The molecule has 1 fully saturated rings. The topological polar surface area (TPSA) is 0 Å². The van der Waals surface area contributed by atoms with E-state index in [0.717, 1.165) is 5.92 Å². The summed E-state index contributed by atoms with van der Waals surface area (Å²) in [5.74, 6) is 1.04. The molecule has 58 valence electrons. The van der Waals surface area contributed by atoms with Crippen LogP contribution >= 0.6 is 0 Å². The lowest BCUT2D eigenvalue weighted by Gasteiger charge is -2.15. The number of hydrogen-bond acceptors (Lipinski definition) is 0. The minimum atomic E-state index is 0. The van der Waals surface area contributed by atoms with E-state index in [0.29, 0.717) is 0 Å². The maximum absolute atomic E-state index is 2.36. The highest BCUT2D eigenvalue weighted by molar-refractivity contribution is 4.59. The molecule has 0 spiro atoms. The van der Waals surface area contributed by atoms with E-state index in [2.05, 4.69) is 6.92 Å². The van der Waals surface area contributed by atoms with Crippen LogP contribution in [0.25, 0.3) is 0 Å². The SMILES string of the molecule is C.C.CC1CCCCC1. The van der Waals surface area contributed by atoms with Crippen molar-refractivity contribution in [1.29, 1.82) is 0 Å². The molecule has 0 saturated heterocycles. The second-order valence-corrected chi connectivity index (χ2v) is 2.74. The molecule has 0 bridgehead atoms. The highest BCUT2D eigenvalue weighted by Crippen LogP contribution is 2.21. The van der Waals surface area contributed by atoms with Crippen LogP contribution < -0.4 is 0 Å². The first kappa shape index (κ1) is 11.8. The molecule has 0 unspecified atom stereocenters. The largest absolute Gasteiger partial charge is 0.0776 e. The average molecular weight is 130 g/mol. The minimum absolute atomic E-state index is 0. The summed E-state index contributed by atoms with van der Waals surface area (Å²) in [6.07, 6.45) is 7.44. The predicted molar refractivity (Wildman–Crippen MR) is 45.7 cm³/mol. The lowest BCUT2D eigenvalue weighted by molar-refractivity contribution is 0.385. The molecule has 1 rings (SSSR count). The Balaban J connectivity index is 0. The molecule has 0 amide bonds. The van der Waals surface area contributed by atoms with E-state index in [1.807, 2.05) is 0 Å². The van der Waals surface area contributed by atoms with Gasteiger partial charge in [0.05, 0.1) is 0 Å². The Labute approximate surface area is 60.7 Å². The van der Waals surface area contributed by atoms with Gasteiger partial charge in [-0.1, -0.05) is 53.9 Å². The first-order valence-electron chi connectivity index (χ1n) is 3.39. The third-order valence-electron chi connectivity index (χ3n) is 1.89. The predicted octanol–water partition coefficient (Wildman–Crippen LogP) is 3.86. The van der Waals surface area contributed by atoms with Crippen LogP contribution in [0.4, 0.5) is 0 Å². The molecule has 0 heteroatoms. The van der Waals surface area contributed by atoms with Gasteiger partial charge in [0.15, 0.2) is 0 Å². The van der Waals surface area contributed by atoms with Crippen LogP contribution in [0.15, 0.2) is 0 Å². The van der Waals surface area contributed by atoms with Gasteiger partial charge in [-0.25, -0.2) is 0 Å². The Morgan fingerprint density at radius 3 is 1.56 bits per heavy atom. The minimum Gasteiger partial charge on any atom is -0.0776 e. The van der Waals surface area contributed by atoms with Gasteiger partial charge in [-0.3, -0.25) is 0 Å². The lowest BCUT2D eigenvalue weighted by Crippen LogP contribution is -1.99. The van der Waals surface area contributed by atoms with Crippen molar-refractivity contribution in [3.8, 4) is 0 Å². The Morgan fingerprint density at radius 2 is 1.33 bits per heavy atom. The van der Waals surface area contributed by atoms with E-state index in [4.69, 9.17) is 0 Å². The quantitative estimate of drug-likeness (QED) is 0.467. The second kappa shape index (κ2) is 6.12. The van der Waals surface area contributed by atoms with Gasteiger partial charge in [-0.05, 0) is 5.92 Å². The van der Waals surface area contributed by atoms with Crippen molar-refractivity contribution < 1.29 is 0 Å². The van der Waals surface area contributed by atoms with Crippen molar-refractivity contribution in [3.63, 3.8) is 0 Å². The van der Waals surface area contributed by atoms with E-state index in [1.165, 1.54) is 32.1 Å². The first-order valence-corrected chi connectivity index (χ1v) is 3.39. The summed E-state index contributed by atoms with van der Waals surface area (Å²) in [6.45, 7) is 2.36. The molecule has 1 saturated carbocycles. The van der Waals surface area contributed by atoms with Crippen LogP contribution in [0.1, 0.15) is 53.9 Å². The van der Waals surface area contributed by atoms with Crippen LogP contribution in [-0.4, -0.2) is 0 Å². The molecule has 0 aromatic rings. The van der Waals surface area contributed by atoms with E-state index in [9.17, 15) is 0 Å². The molecular weight excluding hydrogens is 108 g/mol. The second-order valence-electron chi connectivity index (χ2n) is 2.74. The maximum Gasteiger partial charge on any atom is -0.0443 e. The summed E-state index contributed by atoms with van der Waals surface area (Å²) in [7, 11) is 0. The molecule has 1 aliphatic carbocycles. The highest BCUT2D eigenvalue weighted by Gasteiger charge is 2.05. The Bertz CT molecular complexity index is 42.0. The van der Waals surface area contributed by atoms with Gasteiger partial charge < -0.3 is 0 Å². The van der Waals surface area contributed by atoms with Crippen molar-refractivity contribution in [2.24, 2.45) is 5.92 Å². The number of rotatable bonds is 0. The van der Waals surface area contributed by atoms with Crippen LogP contribution in [0, 0.1) is 5.92 Å². The van der Waals surface area contributed by atoms with Crippen LogP contribution in [0.3, 0.4) is 0 Å². The lowest BCUT2D eigenvalue weighted by atomic mass is 9.91. The standard InChI is InChI=1S/C7H14.2CH4/c1-7-5-3-2-4-6-7;;/h7H,2-6H2,1H3;2*1H4. The van der Waals surface area contributed by atoms with E-state index in [-0.39, 0.29) is 14.9 Å². The zero-order valence-corrected chi connectivity index (χ0v) is 5.11. The molecular formula is C9H22. The Morgan fingerprint density at radius 1 is 0.889 bits per heavy atom. The van der Waals surface area contributed by atoms with Gasteiger partial charge in [0, 0.05) is 0 Å². The van der Waals surface area contributed by atoms with Crippen LogP contribution in [0.2, 0.25) is 0 Å². The van der Waals surface area contributed by atoms with Gasteiger partial charge in [0.1, 0.15) is 0 Å². The van der Waals surface area contributed by atoms with Crippen molar-refractivity contribution in [2.75, 3.05) is 0 Å². The molecule has 0 N–H and O–H groups in total. The van der Waals surface area contributed by atoms with Crippen LogP contribution in [0.5, 0.6) is 0 Å². The van der Waals surface area contributed by atoms with Crippen LogP contribution in [-0.2, 0) is 0 Å². The monoisotopic (exact) mass is 130 g/mol. The summed E-state index contributed by atoms with van der Waals surface area (Å²) in [6, 6.07) is 0. The molecule has 0 aromatic carbocycles. The van der Waals surface area contributed by atoms with E-state index < -0.39 is 0 Å². The fourth-order valence-corrected chi connectivity index (χ4v) is 1.31. The van der Waals surface area contributed by atoms with E-state index >= 15 is 0 Å². The van der Waals surface area contributed by atoms with Gasteiger partial charge in [0.2, 0.25) is 0 Å². The summed E-state index contributed by atoms with van der Waals surface area (Å²) in [5.41, 5.74) is 0. The zero-order chi connectivity index (χ0) is 5.11. The maximum atomic E-state index is 2.36. The Kier molecular flexibility index (Phi) is 8.00. The van der Waals surface area contributed by atoms with Gasteiger partial charge in [-0.2, -0.15) is 0 Å². The van der Waals surface area contributed by atoms with Crippen molar-refractivity contribution >= 4 is 0 Å². The average Bonchev–Trinajstić information content (AvgIpc) is 1.69. The third-order valence-corrected chi connectivity index (χ3v) is 1.89. The fraction of sp³-hybridized carbons (Fsp3) is 1.00. The Hall–Kier alpha value is 0. The third kappa shape index (κ3) is 4.50. The van der Waals surface area contributed by atoms with Gasteiger partial charge in [0.25, 0.3) is 0 Å². The fourth-order valence-electron chi connectivity index (χ4n) is 1.31.